The number of anilines is 1. The third-order valence-corrected chi connectivity index (χ3v) is 4.67. The smallest absolute Gasteiger partial charge is 0.228 e. The molecule has 128 valence electrons. The van der Waals surface area contributed by atoms with Crippen molar-refractivity contribution in [3.8, 4) is 11.6 Å². The molecule has 1 aliphatic rings. The molecule has 0 atom stereocenters. The molecule has 0 unspecified atom stereocenters. The highest BCUT2D eigenvalue weighted by atomic mass is 16.5. The van der Waals surface area contributed by atoms with Crippen molar-refractivity contribution in [3.05, 3.63) is 60.0 Å². The molecule has 0 spiro atoms. The zero-order chi connectivity index (χ0) is 17.1. The quantitative estimate of drug-likeness (QED) is 0.788. The predicted octanol–water partition coefficient (Wildman–Crippen LogP) is 3.68. The van der Waals surface area contributed by atoms with Crippen molar-refractivity contribution in [2.45, 2.75) is 25.7 Å². The lowest BCUT2D eigenvalue weighted by molar-refractivity contribution is 0.456. The molecule has 1 saturated heterocycles. The second kappa shape index (κ2) is 6.93. The number of piperidine rings is 1. The third-order valence-electron chi connectivity index (χ3n) is 4.67. The molecule has 0 amide bonds. The molecule has 0 saturated carbocycles. The molecule has 1 fully saturated rings. The fraction of sp³-hybridized carbons (Fsp3) is 0.316. The lowest BCUT2D eigenvalue weighted by Gasteiger charge is -2.31. The van der Waals surface area contributed by atoms with Crippen molar-refractivity contribution in [1.29, 1.82) is 0 Å². The molecule has 0 bridgehead atoms. The van der Waals surface area contributed by atoms with Gasteiger partial charge in [-0.2, -0.15) is 10.1 Å². The minimum Gasteiger partial charge on any atom is -0.439 e. The maximum absolute atomic E-state index is 5.82. The fourth-order valence-corrected chi connectivity index (χ4v) is 3.31. The zero-order valence-electron chi connectivity index (χ0n) is 14.2. The normalized spacial score (nSPS) is 15.3. The van der Waals surface area contributed by atoms with Gasteiger partial charge in [0.05, 0.1) is 6.20 Å². The number of hydrogen-bond acceptors (Lipinski definition) is 5. The van der Waals surface area contributed by atoms with E-state index in [2.05, 4.69) is 32.0 Å². The maximum Gasteiger partial charge on any atom is 0.228 e. The molecule has 0 radical (unpaired) electrons. The Morgan fingerprint density at radius 1 is 1.12 bits per heavy atom. The second-order valence-corrected chi connectivity index (χ2v) is 6.32. The van der Waals surface area contributed by atoms with Gasteiger partial charge in [-0.3, -0.25) is 5.10 Å². The van der Waals surface area contributed by atoms with E-state index in [-0.39, 0.29) is 0 Å². The Bertz CT molecular complexity index is 825. The molecule has 3 heterocycles. The Kier molecular flexibility index (Phi) is 4.33. The molecule has 3 aromatic rings. The standard InChI is InChI=1S/C19H21N5O/c1-14-17(13-21-23-14)15-8-11-24(12-9-15)19-20-10-7-18(22-19)25-16-5-3-2-4-6-16/h2-7,10,13,15H,8-9,11-12H2,1H3,(H,21,23). The Hall–Kier alpha value is -2.89. The topological polar surface area (TPSA) is 66.9 Å². The molecule has 4 rings (SSSR count). The van der Waals surface area contributed by atoms with E-state index >= 15 is 0 Å². The molecular formula is C19H21N5O. The molecule has 1 N–H and O–H groups in total. The van der Waals surface area contributed by atoms with Crippen molar-refractivity contribution >= 4 is 5.95 Å². The van der Waals surface area contributed by atoms with Gasteiger partial charge in [0.15, 0.2) is 0 Å². The Labute approximate surface area is 146 Å². The summed E-state index contributed by atoms with van der Waals surface area (Å²) in [6, 6.07) is 11.5. The van der Waals surface area contributed by atoms with Crippen LogP contribution in [0.2, 0.25) is 0 Å². The largest absolute Gasteiger partial charge is 0.439 e. The van der Waals surface area contributed by atoms with Gasteiger partial charge in [-0.15, -0.1) is 0 Å². The summed E-state index contributed by atoms with van der Waals surface area (Å²) in [5.74, 6) is 2.64. The van der Waals surface area contributed by atoms with Crippen molar-refractivity contribution in [3.63, 3.8) is 0 Å². The number of hydrogen-bond donors (Lipinski definition) is 1. The van der Waals surface area contributed by atoms with Crippen LogP contribution in [0.1, 0.15) is 30.0 Å². The predicted molar refractivity (Wildman–Crippen MR) is 96.1 cm³/mol. The van der Waals surface area contributed by atoms with E-state index in [4.69, 9.17) is 4.74 Å². The van der Waals surface area contributed by atoms with E-state index in [1.165, 1.54) is 11.3 Å². The SMILES string of the molecule is Cc1[nH]ncc1C1CCN(c2nccc(Oc3ccccc3)n2)CC1. The summed E-state index contributed by atoms with van der Waals surface area (Å²) in [6.45, 7) is 3.95. The van der Waals surface area contributed by atoms with Crippen LogP contribution < -0.4 is 9.64 Å². The summed E-state index contributed by atoms with van der Waals surface area (Å²) in [5, 5.41) is 7.18. The first-order valence-electron chi connectivity index (χ1n) is 8.60. The number of aromatic amines is 1. The summed E-state index contributed by atoms with van der Waals surface area (Å²) < 4.78 is 5.82. The van der Waals surface area contributed by atoms with Crippen LogP contribution in [-0.2, 0) is 0 Å². The lowest BCUT2D eigenvalue weighted by Crippen LogP contribution is -2.34. The monoisotopic (exact) mass is 335 g/mol. The van der Waals surface area contributed by atoms with E-state index in [1.54, 1.807) is 12.3 Å². The van der Waals surface area contributed by atoms with Gasteiger partial charge in [0.1, 0.15) is 5.75 Å². The summed E-state index contributed by atoms with van der Waals surface area (Å²) in [7, 11) is 0. The van der Waals surface area contributed by atoms with E-state index in [1.807, 2.05) is 36.5 Å². The Balaban J connectivity index is 1.43. The van der Waals surface area contributed by atoms with Gasteiger partial charge in [-0.05, 0) is 43.4 Å². The number of aryl methyl sites for hydroxylation is 1. The van der Waals surface area contributed by atoms with E-state index < -0.39 is 0 Å². The van der Waals surface area contributed by atoms with Crippen LogP contribution in [0.15, 0.2) is 48.8 Å². The zero-order valence-corrected chi connectivity index (χ0v) is 14.2. The van der Waals surface area contributed by atoms with Gasteiger partial charge in [-0.1, -0.05) is 18.2 Å². The highest BCUT2D eigenvalue weighted by Crippen LogP contribution is 2.31. The second-order valence-electron chi connectivity index (χ2n) is 6.32. The van der Waals surface area contributed by atoms with Gasteiger partial charge in [0, 0.05) is 31.0 Å². The minimum absolute atomic E-state index is 0.554. The van der Waals surface area contributed by atoms with Crippen molar-refractivity contribution in [1.82, 2.24) is 20.2 Å². The van der Waals surface area contributed by atoms with E-state index in [0.717, 1.165) is 37.6 Å². The average Bonchev–Trinajstić information content (AvgIpc) is 3.09. The molecule has 1 aliphatic heterocycles. The summed E-state index contributed by atoms with van der Waals surface area (Å²) >= 11 is 0. The number of benzene rings is 1. The summed E-state index contributed by atoms with van der Waals surface area (Å²) in [6.07, 6.45) is 5.87. The van der Waals surface area contributed by atoms with Crippen molar-refractivity contribution in [2.75, 3.05) is 18.0 Å². The van der Waals surface area contributed by atoms with Crippen LogP contribution in [0.25, 0.3) is 0 Å². The van der Waals surface area contributed by atoms with Gasteiger partial charge in [0.2, 0.25) is 11.8 Å². The van der Waals surface area contributed by atoms with Gasteiger partial charge in [-0.25, -0.2) is 4.98 Å². The Morgan fingerprint density at radius 2 is 1.92 bits per heavy atom. The number of nitrogens with zero attached hydrogens (tertiary/aromatic N) is 4. The van der Waals surface area contributed by atoms with Crippen LogP contribution in [0, 0.1) is 6.92 Å². The van der Waals surface area contributed by atoms with Crippen LogP contribution in [-0.4, -0.2) is 33.3 Å². The van der Waals surface area contributed by atoms with E-state index in [9.17, 15) is 0 Å². The number of nitrogens with one attached hydrogen (secondary N) is 1. The number of ether oxygens (including phenoxy) is 1. The molecule has 6 heteroatoms. The van der Waals surface area contributed by atoms with Crippen LogP contribution in [0.4, 0.5) is 5.95 Å². The summed E-state index contributed by atoms with van der Waals surface area (Å²) in [4.78, 5) is 11.2. The van der Waals surface area contributed by atoms with Crippen molar-refractivity contribution < 1.29 is 4.74 Å². The van der Waals surface area contributed by atoms with Crippen molar-refractivity contribution in [2.24, 2.45) is 0 Å². The van der Waals surface area contributed by atoms with Crippen LogP contribution >= 0.6 is 0 Å². The highest BCUT2D eigenvalue weighted by molar-refractivity contribution is 5.35. The van der Waals surface area contributed by atoms with E-state index in [0.29, 0.717) is 11.8 Å². The first-order valence-corrected chi connectivity index (χ1v) is 8.60. The van der Waals surface area contributed by atoms with Gasteiger partial charge >= 0.3 is 0 Å². The molecule has 2 aromatic heterocycles. The molecule has 25 heavy (non-hydrogen) atoms. The lowest BCUT2D eigenvalue weighted by atomic mass is 9.90. The first-order chi connectivity index (χ1) is 12.3. The molecule has 6 nitrogen and oxygen atoms in total. The average molecular weight is 335 g/mol. The fourth-order valence-electron chi connectivity index (χ4n) is 3.31. The molecule has 1 aromatic carbocycles. The maximum atomic E-state index is 5.82. The van der Waals surface area contributed by atoms with Gasteiger partial charge < -0.3 is 9.64 Å². The molecule has 0 aliphatic carbocycles. The minimum atomic E-state index is 0.554. The summed E-state index contributed by atoms with van der Waals surface area (Å²) in [5.41, 5.74) is 2.51. The third kappa shape index (κ3) is 3.47. The van der Waals surface area contributed by atoms with Crippen LogP contribution in [0.3, 0.4) is 0 Å². The first kappa shape index (κ1) is 15.6. The number of aromatic nitrogens is 4. The molecular weight excluding hydrogens is 314 g/mol. The Morgan fingerprint density at radius 3 is 2.64 bits per heavy atom. The number of rotatable bonds is 4. The van der Waals surface area contributed by atoms with Crippen LogP contribution in [0.5, 0.6) is 11.6 Å². The number of H-pyrrole nitrogens is 1. The number of para-hydroxylation sites is 1. The highest BCUT2D eigenvalue weighted by Gasteiger charge is 2.24. The van der Waals surface area contributed by atoms with Gasteiger partial charge in [0.25, 0.3) is 0 Å².